The molecule has 2 aromatic carbocycles. The van der Waals surface area contributed by atoms with Crippen LogP contribution >= 0.6 is 11.6 Å². The summed E-state index contributed by atoms with van der Waals surface area (Å²) in [6.45, 7) is 2.45. The summed E-state index contributed by atoms with van der Waals surface area (Å²) < 4.78 is 5.48. The van der Waals surface area contributed by atoms with Gasteiger partial charge in [0.2, 0.25) is 0 Å². The van der Waals surface area contributed by atoms with Crippen LogP contribution in [-0.4, -0.2) is 35.8 Å². The van der Waals surface area contributed by atoms with E-state index in [0.717, 1.165) is 48.1 Å². The summed E-state index contributed by atoms with van der Waals surface area (Å²) in [6, 6.07) is 19.4. The SMILES string of the molecule is Cc1ncc(Cl)cc1C(=O)N[C@H]1CC[C@H](Cn2c(=O)n(-c3cccc(-n4cccn4)c3)c3ccccc32)CC1. The van der Waals surface area contributed by atoms with Crippen molar-refractivity contribution < 1.29 is 4.79 Å². The normalized spacial score (nSPS) is 17.4. The lowest BCUT2D eigenvalue weighted by atomic mass is 9.85. The number of aryl methyl sites for hydroxylation is 1. The Labute approximate surface area is 230 Å². The molecule has 6 rings (SSSR count). The van der Waals surface area contributed by atoms with E-state index in [0.29, 0.717) is 28.7 Å². The molecule has 5 aromatic rings. The van der Waals surface area contributed by atoms with Crippen LogP contribution in [0.2, 0.25) is 5.02 Å². The second-order valence-electron chi connectivity index (χ2n) is 10.2. The number of hydrogen-bond acceptors (Lipinski definition) is 4. The van der Waals surface area contributed by atoms with Gasteiger partial charge >= 0.3 is 5.69 Å². The van der Waals surface area contributed by atoms with Crippen LogP contribution in [0.1, 0.15) is 41.7 Å². The number of carbonyl (C=O) groups excluding carboxylic acids is 1. The predicted octanol–water partition coefficient (Wildman–Crippen LogP) is 5.32. The molecule has 1 aliphatic carbocycles. The van der Waals surface area contributed by atoms with Crippen molar-refractivity contribution in [2.45, 2.75) is 45.2 Å². The average molecular weight is 541 g/mol. The van der Waals surface area contributed by atoms with Crippen molar-refractivity contribution in [1.29, 1.82) is 0 Å². The van der Waals surface area contributed by atoms with Crippen LogP contribution in [0.3, 0.4) is 0 Å². The van der Waals surface area contributed by atoms with Gasteiger partial charge in [-0.3, -0.25) is 18.9 Å². The summed E-state index contributed by atoms with van der Waals surface area (Å²) in [5.74, 6) is 0.211. The minimum Gasteiger partial charge on any atom is -0.349 e. The van der Waals surface area contributed by atoms with Gasteiger partial charge in [-0.05, 0) is 81.0 Å². The molecule has 9 heteroatoms. The van der Waals surface area contributed by atoms with Crippen molar-refractivity contribution in [3.63, 3.8) is 0 Å². The third-order valence-corrected chi connectivity index (χ3v) is 7.82. The van der Waals surface area contributed by atoms with Crippen molar-refractivity contribution in [3.05, 3.63) is 106 Å². The third kappa shape index (κ3) is 5.00. The van der Waals surface area contributed by atoms with E-state index in [1.165, 1.54) is 0 Å². The van der Waals surface area contributed by atoms with Crippen molar-refractivity contribution in [2.24, 2.45) is 5.92 Å². The zero-order chi connectivity index (χ0) is 26.9. The van der Waals surface area contributed by atoms with Gasteiger partial charge in [0.25, 0.3) is 5.91 Å². The first-order valence-corrected chi connectivity index (χ1v) is 13.6. The number of aromatic nitrogens is 5. The topological polar surface area (TPSA) is 86.7 Å². The van der Waals surface area contributed by atoms with Crippen molar-refractivity contribution >= 4 is 28.5 Å². The van der Waals surface area contributed by atoms with Gasteiger partial charge in [-0.2, -0.15) is 5.10 Å². The van der Waals surface area contributed by atoms with Gasteiger partial charge in [0.1, 0.15) is 0 Å². The fourth-order valence-corrected chi connectivity index (χ4v) is 5.74. The van der Waals surface area contributed by atoms with Crippen LogP contribution < -0.4 is 11.0 Å². The molecule has 1 saturated carbocycles. The van der Waals surface area contributed by atoms with Gasteiger partial charge in [-0.25, -0.2) is 9.48 Å². The van der Waals surface area contributed by atoms with Crippen molar-refractivity contribution in [3.8, 4) is 11.4 Å². The number of rotatable bonds is 6. The maximum absolute atomic E-state index is 13.8. The quantitative estimate of drug-likeness (QED) is 0.316. The van der Waals surface area contributed by atoms with E-state index in [4.69, 9.17) is 11.6 Å². The molecule has 3 heterocycles. The molecule has 0 atom stereocenters. The second kappa shape index (κ2) is 10.5. The molecule has 39 heavy (non-hydrogen) atoms. The van der Waals surface area contributed by atoms with E-state index in [2.05, 4.69) is 15.4 Å². The lowest BCUT2D eigenvalue weighted by Crippen LogP contribution is -2.39. The Morgan fingerprint density at radius 3 is 2.54 bits per heavy atom. The maximum Gasteiger partial charge on any atom is 0.333 e. The number of carbonyl (C=O) groups is 1. The van der Waals surface area contributed by atoms with Gasteiger partial charge in [0.15, 0.2) is 0 Å². The summed E-state index contributed by atoms with van der Waals surface area (Å²) in [6.07, 6.45) is 8.76. The standard InChI is InChI=1S/C30H29ClN6O2/c1-20-26(16-22(31)18-32-20)29(38)34-23-12-10-21(11-13-23)19-35-27-8-2-3-9-28(27)37(30(35)39)25-7-4-6-24(17-25)36-15-5-14-33-36/h2-9,14-18,21,23H,10-13,19H2,1H3,(H,34,38)/t21-,23-. The zero-order valence-electron chi connectivity index (χ0n) is 21.6. The Morgan fingerprint density at radius 1 is 1.00 bits per heavy atom. The summed E-state index contributed by atoms with van der Waals surface area (Å²) >= 11 is 6.05. The number of amides is 1. The van der Waals surface area contributed by atoms with Crippen LogP contribution in [0.15, 0.2) is 84.0 Å². The number of nitrogens with zero attached hydrogens (tertiary/aromatic N) is 5. The van der Waals surface area contributed by atoms with Gasteiger partial charge < -0.3 is 5.32 Å². The van der Waals surface area contributed by atoms with E-state index in [1.54, 1.807) is 27.7 Å². The van der Waals surface area contributed by atoms with E-state index in [9.17, 15) is 9.59 Å². The zero-order valence-corrected chi connectivity index (χ0v) is 22.4. The van der Waals surface area contributed by atoms with Crippen molar-refractivity contribution in [2.75, 3.05) is 0 Å². The Balaban J connectivity index is 1.20. The highest BCUT2D eigenvalue weighted by molar-refractivity contribution is 6.30. The molecule has 0 radical (unpaired) electrons. The third-order valence-electron chi connectivity index (χ3n) is 7.61. The Morgan fingerprint density at radius 2 is 1.77 bits per heavy atom. The number of hydrogen-bond donors (Lipinski definition) is 1. The average Bonchev–Trinajstić information content (AvgIpc) is 3.58. The summed E-state index contributed by atoms with van der Waals surface area (Å²) in [4.78, 5) is 30.8. The lowest BCUT2D eigenvalue weighted by Gasteiger charge is -2.29. The Hall–Kier alpha value is -4.17. The molecule has 3 aromatic heterocycles. The van der Waals surface area contributed by atoms with Gasteiger partial charge in [0.05, 0.1) is 38.7 Å². The number of nitrogens with one attached hydrogen (secondary N) is 1. The van der Waals surface area contributed by atoms with E-state index < -0.39 is 0 Å². The molecule has 1 N–H and O–H groups in total. The largest absolute Gasteiger partial charge is 0.349 e. The van der Waals surface area contributed by atoms with Gasteiger partial charge in [-0.1, -0.05) is 29.8 Å². The summed E-state index contributed by atoms with van der Waals surface area (Å²) in [5, 5.41) is 7.93. The van der Waals surface area contributed by atoms with E-state index >= 15 is 0 Å². The number of fused-ring (bicyclic) bond motifs is 1. The van der Waals surface area contributed by atoms with Crippen LogP contribution in [-0.2, 0) is 6.54 Å². The molecular weight excluding hydrogens is 512 g/mol. The van der Waals surface area contributed by atoms with Gasteiger partial charge in [0, 0.05) is 31.2 Å². The number of halogens is 1. The number of imidazole rings is 1. The number of benzene rings is 2. The molecule has 0 bridgehead atoms. The van der Waals surface area contributed by atoms with Crippen LogP contribution in [0.4, 0.5) is 0 Å². The highest BCUT2D eigenvalue weighted by Gasteiger charge is 2.25. The first-order chi connectivity index (χ1) is 19.0. The lowest BCUT2D eigenvalue weighted by molar-refractivity contribution is 0.0919. The molecular formula is C30H29ClN6O2. The molecule has 0 spiro atoms. The molecule has 0 aliphatic heterocycles. The first kappa shape index (κ1) is 25.1. The fourth-order valence-electron chi connectivity index (χ4n) is 5.58. The van der Waals surface area contributed by atoms with Crippen LogP contribution in [0.5, 0.6) is 0 Å². The Bertz CT molecular complexity index is 1700. The molecule has 1 fully saturated rings. The predicted molar refractivity (Wildman–Crippen MR) is 152 cm³/mol. The second-order valence-corrected chi connectivity index (χ2v) is 10.6. The first-order valence-electron chi connectivity index (χ1n) is 13.2. The number of pyridine rings is 1. The van der Waals surface area contributed by atoms with Crippen LogP contribution in [0.25, 0.3) is 22.4 Å². The number of para-hydroxylation sites is 2. The summed E-state index contributed by atoms with van der Waals surface area (Å²) in [7, 11) is 0. The maximum atomic E-state index is 13.8. The fraction of sp³-hybridized carbons (Fsp3) is 0.267. The molecule has 8 nitrogen and oxygen atoms in total. The van der Waals surface area contributed by atoms with E-state index in [-0.39, 0.29) is 17.6 Å². The minimum atomic E-state index is -0.136. The summed E-state index contributed by atoms with van der Waals surface area (Å²) in [5.41, 5.74) is 4.63. The van der Waals surface area contributed by atoms with Gasteiger partial charge in [-0.15, -0.1) is 0 Å². The molecule has 0 unspecified atom stereocenters. The molecule has 0 saturated heterocycles. The van der Waals surface area contributed by atoms with Crippen molar-refractivity contribution in [1.82, 2.24) is 29.2 Å². The van der Waals surface area contributed by atoms with E-state index in [1.807, 2.05) is 72.3 Å². The van der Waals surface area contributed by atoms with Crippen LogP contribution in [0, 0.1) is 12.8 Å². The molecule has 1 amide bonds. The minimum absolute atomic E-state index is 0.0480. The highest BCUT2D eigenvalue weighted by atomic mass is 35.5. The highest BCUT2D eigenvalue weighted by Crippen LogP contribution is 2.28. The Kier molecular flexibility index (Phi) is 6.79. The molecule has 1 aliphatic rings. The smallest absolute Gasteiger partial charge is 0.333 e. The monoisotopic (exact) mass is 540 g/mol. The molecule has 198 valence electrons.